The summed E-state index contributed by atoms with van der Waals surface area (Å²) in [6.07, 6.45) is -0.183. The number of carbonyl (C=O) groups is 2. The lowest BCUT2D eigenvalue weighted by atomic mass is 9.85. The number of piperidine rings is 1. The van der Waals surface area contributed by atoms with E-state index < -0.39 is 17.4 Å². The van der Waals surface area contributed by atoms with Crippen LogP contribution in [0.3, 0.4) is 0 Å². The number of hydrogen-bond donors (Lipinski definition) is 0. The second-order valence-electron chi connectivity index (χ2n) is 7.59. The van der Waals surface area contributed by atoms with Gasteiger partial charge in [-0.05, 0) is 38.5 Å². The third-order valence-corrected chi connectivity index (χ3v) is 4.45. The predicted octanol–water partition coefficient (Wildman–Crippen LogP) is 3.99. The van der Waals surface area contributed by atoms with E-state index >= 15 is 4.39 Å². The van der Waals surface area contributed by atoms with Crippen LogP contribution in [0.15, 0.2) is 18.2 Å². The summed E-state index contributed by atoms with van der Waals surface area (Å²) < 4.78 is 26.1. The minimum Gasteiger partial charge on any atom is -0.496 e. The standard InChI is InChI=1S/C20H25FN2O4/c1-19(2,3)27-18(25)23-10-8-20(21,9-11-23)14-6-7-15(16(24)13-22-4)17(12-14)26-5/h6-7,12H,8-11,13H2,1-3,5H3. The number of halogens is 1. The largest absolute Gasteiger partial charge is 0.496 e. The molecule has 1 amide bonds. The fourth-order valence-electron chi connectivity index (χ4n) is 3.02. The number of nitrogens with zero attached hydrogens (tertiary/aromatic N) is 2. The molecule has 1 aromatic carbocycles. The van der Waals surface area contributed by atoms with Crippen LogP contribution in [0.5, 0.6) is 5.75 Å². The van der Waals surface area contributed by atoms with Crippen molar-refractivity contribution >= 4 is 11.9 Å². The van der Waals surface area contributed by atoms with Crippen molar-refractivity contribution in [1.82, 2.24) is 4.90 Å². The Bertz CT molecular complexity index is 756. The van der Waals surface area contributed by atoms with E-state index in [1.54, 1.807) is 26.8 Å². The summed E-state index contributed by atoms with van der Waals surface area (Å²) in [4.78, 5) is 28.7. The maximum Gasteiger partial charge on any atom is 0.410 e. The number of carbonyl (C=O) groups excluding carboxylic acids is 2. The second-order valence-corrected chi connectivity index (χ2v) is 7.59. The molecule has 27 heavy (non-hydrogen) atoms. The molecule has 1 heterocycles. The highest BCUT2D eigenvalue weighted by Gasteiger charge is 2.39. The quantitative estimate of drug-likeness (QED) is 0.589. The highest BCUT2D eigenvalue weighted by molar-refractivity contribution is 6.01. The first-order valence-electron chi connectivity index (χ1n) is 8.81. The van der Waals surface area contributed by atoms with Gasteiger partial charge in [0.15, 0.2) is 0 Å². The van der Waals surface area contributed by atoms with E-state index in [2.05, 4.69) is 4.85 Å². The average Bonchev–Trinajstić information content (AvgIpc) is 2.60. The Kier molecular flexibility index (Phi) is 6.09. The summed E-state index contributed by atoms with van der Waals surface area (Å²) in [5.74, 6) is -0.103. The lowest BCUT2D eigenvalue weighted by Gasteiger charge is -2.37. The zero-order valence-electron chi connectivity index (χ0n) is 16.2. The Morgan fingerprint density at radius 2 is 1.93 bits per heavy atom. The van der Waals surface area contributed by atoms with E-state index in [4.69, 9.17) is 16.0 Å². The SMILES string of the molecule is [C-]#[N+]CC(=O)c1ccc(C2(F)CCN(C(=O)OC(C)(C)C)CC2)cc1OC. The van der Waals surface area contributed by atoms with Crippen molar-refractivity contribution in [3.8, 4) is 5.75 Å². The summed E-state index contributed by atoms with van der Waals surface area (Å²) in [6.45, 7) is 12.4. The van der Waals surface area contributed by atoms with E-state index in [0.29, 0.717) is 5.56 Å². The lowest BCUT2D eigenvalue weighted by Crippen LogP contribution is -2.45. The van der Waals surface area contributed by atoms with Crippen LogP contribution in [-0.2, 0) is 10.4 Å². The van der Waals surface area contributed by atoms with Gasteiger partial charge in [-0.15, -0.1) is 0 Å². The molecule has 1 aromatic rings. The maximum atomic E-state index is 15.5. The lowest BCUT2D eigenvalue weighted by molar-refractivity contribution is 0.00213. The zero-order valence-corrected chi connectivity index (χ0v) is 16.2. The number of Topliss-reactive ketones (excluding diaryl/α,β-unsaturated/α-hetero) is 1. The van der Waals surface area contributed by atoms with Crippen LogP contribution < -0.4 is 4.74 Å². The molecule has 0 aromatic heterocycles. The number of benzene rings is 1. The fraction of sp³-hybridized carbons (Fsp3) is 0.550. The van der Waals surface area contributed by atoms with Crippen molar-refractivity contribution in [2.45, 2.75) is 44.9 Å². The summed E-state index contributed by atoms with van der Waals surface area (Å²) in [5, 5.41) is 0. The molecule has 6 nitrogen and oxygen atoms in total. The highest BCUT2D eigenvalue weighted by atomic mass is 19.1. The minimum absolute atomic E-state index is 0.130. The van der Waals surface area contributed by atoms with Gasteiger partial charge in [0.1, 0.15) is 17.0 Å². The van der Waals surface area contributed by atoms with Gasteiger partial charge in [0.05, 0.1) is 12.7 Å². The Labute approximate surface area is 159 Å². The van der Waals surface area contributed by atoms with Crippen molar-refractivity contribution in [2.24, 2.45) is 0 Å². The fourth-order valence-corrected chi connectivity index (χ4v) is 3.02. The number of ether oxygens (including phenoxy) is 2. The molecule has 0 unspecified atom stereocenters. The van der Waals surface area contributed by atoms with E-state index in [1.165, 1.54) is 24.1 Å². The maximum absolute atomic E-state index is 15.5. The molecule has 2 rings (SSSR count). The van der Waals surface area contributed by atoms with Crippen LogP contribution in [0.1, 0.15) is 49.5 Å². The van der Waals surface area contributed by atoms with Gasteiger partial charge in [-0.1, -0.05) is 6.07 Å². The van der Waals surface area contributed by atoms with Gasteiger partial charge >= 0.3 is 6.09 Å². The molecule has 1 fully saturated rings. The highest BCUT2D eigenvalue weighted by Crippen LogP contribution is 2.39. The van der Waals surface area contributed by atoms with Crippen molar-refractivity contribution in [3.63, 3.8) is 0 Å². The van der Waals surface area contributed by atoms with Gasteiger partial charge in [-0.2, -0.15) is 0 Å². The summed E-state index contributed by atoms with van der Waals surface area (Å²) >= 11 is 0. The normalized spacial score (nSPS) is 16.4. The van der Waals surface area contributed by atoms with Gasteiger partial charge in [-0.25, -0.2) is 15.8 Å². The third-order valence-electron chi connectivity index (χ3n) is 4.45. The Hall–Kier alpha value is -2.62. The predicted molar refractivity (Wildman–Crippen MR) is 98.6 cm³/mol. The topological polar surface area (TPSA) is 60.2 Å². The smallest absolute Gasteiger partial charge is 0.410 e. The van der Waals surface area contributed by atoms with Crippen LogP contribution in [0, 0.1) is 6.57 Å². The molecule has 0 spiro atoms. The van der Waals surface area contributed by atoms with Crippen molar-refractivity contribution in [1.29, 1.82) is 0 Å². The van der Waals surface area contributed by atoms with E-state index in [-0.39, 0.29) is 49.6 Å². The molecular formula is C20H25FN2O4. The molecular weight excluding hydrogens is 351 g/mol. The van der Waals surface area contributed by atoms with Crippen LogP contribution >= 0.6 is 0 Å². The molecule has 0 radical (unpaired) electrons. The van der Waals surface area contributed by atoms with Crippen molar-refractivity contribution in [3.05, 3.63) is 40.7 Å². The van der Waals surface area contributed by atoms with Gasteiger partial charge < -0.3 is 19.2 Å². The first kappa shape index (κ1) is 20.7. The molecule has 0 atom stereocenters. The Balaban J connectivity index is 2.14. The third kappa shape index (κ3) is 4.97. The van der Waals surface area contributed by atoms with Gasteiger partial charge in [-0.3, -0.25) is 4.79 Å². The molecule has 1 aliphatic heterocycles. The summed E-state index contributed by atoms with van der Waals surface area (Å²) in [7, 11) is 1.41. The minimum atomic E-state index is -1.62. The number of amides is 1. The molecule has 0 bridgehead atoms. The van der Waals surface area contributed by atoms with Crippen LogP contribution in [0.25, 0.3) is 4.85 Å². The van der Waals surface area contributed by atoms with Crippen LogP contribution in [-0.4, -0.2) is 49.1 Å². The summed E-state index contributed by atoms with van der Waals surface area (Å²) in [6, 6.07) is 4.58. The molecule has 0 saturated carbocycles. The van der Waals surface area contributed by atoms with E-state index in [9.17, 15) is 9.59 Å². The number of likely N-dealkylation sites (tertiary alicyclic amines) is 1. The second kappa shape index (κ2) is 7.95. The monoisotopic (exact) mass is 376 g/mol. The average molecular weight is 376 g/mol. The van der Waals surface area contributed by atoms with E-state index in [1.807, 2.05) is 0 Å². The number of rotatable bonds is 4. The van der Waals surface area contributed by atoms with Gasteiger partial charge in [0, 0.05) is 25.9 Å². The zero-order chi connectivity index (χ0) is 20.2. The van der Waals surface area contributed by atoms with Gasteiger partial charge in [0.2, 0.25) is 5.78 Å². The van der Waals surface area contributed by atoms with Crippen molar-refractivity contribution < 1.29 is 23.5 Å². The van der Waals surface area contributed by atoms with Crippen molar-refractivity contribution in [2.75, 3.05) is 26.7 Å². The molecule has 0 N–H and O–H groups in total. The molecule has 7 heteroatoms. The number of ketones is 1. The Morgan fingerprint density at radius 3 is 2.44 bits per heavy atom. The first-order valence-corrected chi connectivity index (χ1v) is 8.81. The molecule has 0 aliphatic carbocycles. The Morgan fingerprint density at radius 1 is 1.30 bits per heavy atom. The van der Waals surface area contributed by atoms with Crippen LogP contribution in [0.4, 0.5) is 9.18 Å². The van der Waals surface area contributed by atoms with Crippen LogP contribution in [0.2, 0.25) is 0 Å². The molecule has 1 aliphatic rings. The van der Waals surface area contributed by atoms with Gasteiger partial charge in [0.25, 0.3) is 6.54 Å². The van der Waals surface area contributed by atoms with E-state index in [0.717, 1.165) is 0 Å². The molecule has 1 saturated heterocycles. The first-order chi connectivity index (χ1) is 12.6. The summed E-state index contributed by atoms with van der Waals surface area (Å²) in [5.41, 5.74) is -1.54. The number of hydrogen-bond acceptors (Lipinski definition) is 4. The number of alkyl halides is 1. The molecule has 146 valence electrons. The number of methoxy groups -OCH3 is 1.